The molecule has 1 aromatic rings. The van der Waals surface area contributed by atoms with E-state index in [4.69, 9.17) is 0 Å². The summed E-state index contributed by atoms with van der Waals surface area (Å²) < 4.78 is 1.91. The zero-order valence-corrected chi connectivity index (χ0v) is 13.0. The molecule has 1 rings (SSSR count). The van der Waals surface area contributed by atoms with Gasteiger partial charge >= 0.3 is 4.87 Å². The summed E-state index contributed by atoms with van der Waals surface area (Å²) in [6.07, 6.45) is 0. The molecule has 1 atom stereocenters. The Labute approximate surface area is 110 Å². The predicted octanol–water partition coefficient (Wildman–Crippen LogP) is 3.58. The van der Waals surface area contributed by atoms with Gasteiger partial charge in [0.05, 0.1) is 0 Å². The van der Waals surface area contributed by atoms with Crippen LogP contribution in [0.2, 0.25) is 0 Å². The van der Waals surface area contributed by atoms with Gasteiger partial charge in [0.2, 0.25) is 0 Å². The molecule has 16 heavy (non-hydrogen) atoms. The molecule has 92 valence electrons. The number of aryl methyl sites for hydroxylation is 1. The number of thiazole rings is 1. The number of rotatable bonds is 3. The van der Waals surface area contributed by atoms with Crippen LogP contribution in [0.4, 0.5) is 0 Å². The maximum Gasteiger partial charge on any atom is 0.307 e. The predicted molar refractivity (Wildman–Crippen MR) is 74.8 cm³/mol. The van der Waals surface area contributed by atoms with E-state index in [1.165, 1.54) is 11.3 Å². The van der Waals surface area contributed by atoms with Crippen molar-refractivity contribution in [2.24, 2.45) is 11.3 Å². The Bertz CT molecular complexity index is 414. The molecule has 0 aromatic carbocycles. The van der Waals surface area contributed by atoms with Gasteiger partial charge < -0.3 is 4.57 Å². The summed E-state index contributed by atoms with van der Waals surface area (Å²) in [6.45, 7) is 11.5. The molecule has 0 radical (unpaired) electrons. The molecule has 2 nitrogen and oxygen atoms in total. The molecule has 0 fully saturated rings. The number of aromatic nitrogens is 1. The molecule has 1 aromatic heterocycles. The molecule has 4 heteroatoms. The highest BCUT2D eigenvalue weighted by atomic mass is 79.9. The molecule has 0 amide bonds. The third-order valence-corrected chi connectivity index (χ3v) is 4.97. The minimum absolute atomic E-state index is 0.171. The lowest BCUT2D eigenvalue weighted by molar-refractivity contribution is 0.237. The molecule has 0 saturated carbocycles. The first-order valence-corrected chi connectivity index (χ1v) is 7.44. The maximum absolute atomic E-state index is 11.8. The average molecular weight is 306 g/mol. The van der Waals surface area contributed by atoms with Gasteiger partial charge in [0.1, 0.15) is 0 Å². The van der Waals surface area contributed by atoms with Crippen molar-refractivity contribution >= 4 is 27.3 Å². The van der Waals surface area contributed by atoms with Crippen LogP contribution in [0.5, 0.6) is 0 Å². The Morgan fingerprint density at radius 1 is 1.38 bits per heavy atom. The van der Waals surface area contributed by atoms with Crippen molar-refractivity contribution in [3.63, 3.8) is 0 Å². The number of hydrogen-bond donors (Lipinski definition) is 0. The first kappa shape index (κ1) is 14.0. The second-order valence-corrected chi connectivity index (χ2v) is 7.15. The monoisotopic (exact) mass is 305 g/mol. The van der Waals surface area contributed by atoms with Crippen LogP contribution in [0.1, 0.15) is 31.3 Å². The first-order valence-electron chi connectivity index (χ1n) is 5.50. The lowest BCUT2D eigenvalue weighted by Gasteiger charge is -2.29. The van der Waals surface area contributed by atoms with Crippen molar-refractivity contribution in [3.05, 3.63) is 20.2 Å². The van der Waals surface area contributed by atoms with Gasteiger partial charge in [0.25, 0.3) is 0 Å². The van der Waals surface area contributed by atoms with Crippen molar-refractivity contribution in [2.45, 2.75) is 41.2 Å². The Balaban J connectivity index is 2.99. The minimum atomic E-state index is 0.171. The van der Waals surface area contributed by atoms with Crippen LogP contribution >= 0.6 is 27.3 Å². The smallest absolute Gasteiger partial charge is 0.303 e. The normalized spacial score (nSPS) is 14.1. The summed E-state index contributed by atoms with van der Waals surface area (Å²) >= 11 is 4.90. The molecule has 0 aliphatic heterocycles. The fourth-order valence-corrected chi connectivity index (χ4v) is 3.59. The van der Waals surface area contributed by atoms with E-state index in [2.05, 4.69) is 36.7 Å². The van der Waals surface area contributed by atoms with Gasteiger partial charge in [-0.2, -0.15) is 0 Å². The second kappa shape index (κ2) is 5.05. The van der Waals surface area contributed by atoms with Gasteiger partial charge in [-0.25, -0.2) is 0 Å². The van der Waals surface area contributed by atoms with E-state index in [9.17, 15) is 4.79 Å². The molecule has 1 unspecified atom stereocenters. The summed E-state index contributed by atoms with van der Waals surface area (Å²) in [5.41, 5.74) is 1.33. The van der Waals surface area contributed by atoms with Crippen LogP contribution < -0.4 is 4.87 Å². The van der Waals surface area contributed by atoms with Crippen LogP contribution in [0.15, 0.2) is 4.79 Å². The molecule has 0 N–H and O–H groups in total. The van der Waals surface area contributed by atoms with Gasteiger partial charge in [-0.1, -0.05) is 48.0 Å². The summed E-state index contributed by atoms with van der Waals surface area (Å²) in [7, 11) is 0. The molecule has 0 aliphatic rings. The Kier molecular flexibility index (Phi) is 4.41. The molecule has 0 aliphatic carbocycles. The number of hydrogen-bond acceptors (Lipinski definition) is 2. The van der Waals surface area contributed by atoms with Crippen LogP contribution in [-0.2, 0) is 6.54 Å². The molecule has 0 spiro atoms. The Hall–Kier alpha value is -0.0900. The highest BCUT2D eigenvalue weighted by molar-refractivity contribution is 9.09. The molecular formula is C12H20BrNOS. The summed E-state index contributed by atoms with van der Waals surface area (Å²) in [4.78, 5) is 13.1. The van der Waals surface area contributed by atoms with Crippen molar-refractivity contribution < 1.29 is 0 Å². The van der Waals surface area contributed by atoms with Gasteiger partial charge in [0.15, 0.2) is 0 Å². The summed E-state index contributed by atoms with van der Waals surface area (Å²) in [5.74, 6) is 0.470. The fourth-order valence-electron chi connectivity index (χ4n) is 1.57. The standard InChI is InChI=1S/C12H20BrNOS/c1-8-9(2)16-11(15)14(8)7-10(6-13)12(3,4)5/h10H,6-7H2,1-5H3. The van der Waals surface area contributed by atoms with Gasteiger partial charge in [-0.05, 0) is 25.2 Å². The average Bonchev–Trinajstić information content (AvgIpc) is 2.37. The highest BCUT2D eigenvalue weighted by Gasteiger charge is 2.25. The topological polar surface area (TPSA) is 22.0 Å². The van der Waals surface area contributed by atoms with Crippen molar-refractivity contribution in [2.75, 3.05) is 5.33 Å². The fraction of sp³-hybridized carbons (Fsp3) is 0.750. The van der Waals surface area contributed by atoms with E-state index >= 15 is 0 Å². The molecule has 1 heterocycles. The highest BCUT2D eigenvalue weighted by Crippen LogP contribution is 2.29. The van der Waals surface area contributed by atoms with Crippen LogP contribution in [0.25, 0.3) is 0 Å². The lowest BCUT2D eigenvalue weighted by Crippen LogP contribution is -2.30. The summed E-state index contributed by atoms with van der Waals surface area (Å²) in [6, 6.07) is 0. The zero-order chi connectivity index (χ0) is 12.5. The largest absolute Gasteiger partial charge is 0.307 e. The molecule has 0 bridgehead atoms. The van der Waals surface area contributed by atoms with E-state index in [1.54, 1.807) is 0 Å². The van der Waals surface area contributed by atoms with Crippen LogP contribution in [0, 0.1) is 25.2 Å². The van der Waals surface area contributed by atoms with Gasteiger partial charge in [0, 0.05) is 22.4 Å². The van der Waals surface area contributed by atoms with Crippen molar-refractivity contribution in [3.8, 4) is 0 Å². The third-order valence-electron chi connectivity index (χ3n) is 3.19. The molecule has 0 saturated heterocycles. The first-order chi connectivity index (χ1) is 7.27. The second-order valence-electron chi connectivity index (χ2n) is 5.34. The van der Waals surface area contributed by atoms with Crippen molar-refractivity contribution in [1.29, 1.82) is 0 Å². The van der Waals surface area contributed by atoms with E-state index in [0.717, 1.165) is 22.4 Å². The van der Waals surface area contributed by atoms with E-state index < -0.39 is 0 Å². The lowest BCUT2D eigenvalue weighted by atomic mass is 9.82. The Morgan fingerprint density at radius 3 is 2.25 bits per heavy atom. The quantitative estimate of drug-likeness (QED) is 0.782. The molecular weight excluding hydrogens is 286 g/mol. The Morgan fingerprint density at radius 2 is 1.94 bits per heavy atom. The number of nitrogens with zero attached hydrogens (tertiary/aromatic N) is 1. The van der Waals surface area contributed by atoms with E-state index in [1.807, 2.05) is 18.4 Å². The van der Waals surface area contributed by atoms with E-state index in [-0.39, 0.29) is 10.3 Å². The zero-order valence-electron chi connectivity index (χ0n) is 10.6. The third kappa shape index (κ3) is 2.98. The van der Waals surface area contributed by atoms with Gasteiger partial charge in [-0.15, -0.1) is 0 Å². The number of halogens is 1. The van der Waals surface area contributed by atoms with Crippen molar-refractivity contribution in [1.82, 2.24) is 4.57 Å². The number of alkyl halides is 1. The van der Waals surface area contributed by atoms with Crippen LogP contribution in [0.3, 0.4) is 0 Å². The minimum Gasteiger partial charge on any atom is -0.303 e. The van der Waals surface area contributed by atoms with E-state index in [0.29, 0.717) is 5.92 Å². The maximum atomic E-state index is 11.8. The van der Waals surface area contributed by atoms with Crippen LogP contribution in [-0.4, -0.2) is 9.90 Å². The van der Waals surface area contributed by atoms with Gasteiger partial charge in [-0.3, -0.25) is 4.79 Å². The summed E-state index contributed by atoms with van der Waals surface area (Å²) in [5, 5.41) is 0.928. The SMILES string of the molecule is Cc1sc(=O)n(CC(CBr)C(C)(C)C)c1C.